The van der Waals surface area contributed by atoms with Crippen LogP contribution >= 0.6 is 0 Å². The summed E-state index contributed by atoms with van der Waals surface area (Å²) in [6.45, 7) is 8.68. The summed E-state index contributed by atoms with van der Waals surface area (Å²) >= 11 is 0. The third-order valence-electron chi connectivity index (χ3n) is 4.01. The van der Waals surface area contributed by atoms with Gasteiger partial charge in [-0.3, -0.25) is 4.79 Å². The number of hydrogen-bond donors (Lipinski definition) is 0. The zero-order valence-electron chi connectivity index (χ0n) is 9.39. The number of carbonyl (C=O) groups excluding carboxylic acids is 1. The molecule has 0 N–H and O–H groups in total. The molecule has 1 nitrogen and oxygen atoms in total. The molecule has 0 aliphatic heterocycles. The molecule has 2 unspecified atom stereocenters. The first-order chi connectivity index (χ1) is 6.10. The highest BCUT2D eigenvalue weighted by Gasteiger charge is 2.55. The van der Waals surface area contributed by atoms with Gasteiger partial charge < -0.3 is 0 Å². The van der Waals surface area contributed by atoms with Gasteiger partial charge in [-0.1, -0.05) is 40.5 Å². The molecule has 1 fully saturated rings. The van der Waals surface area contributed by atoms with E-state index >= 15 is 0 Å². The minimum absolute atomic E-state index is 0.322. The van der Waals surface area contributed by atoms with Crippen LogP contribution in [0.15, 0.2) is 0 Å². The number of Topliss-reactive ketones (excluding diaryl/α,β-unsaturated/α-hetero) is 1. The van der Waals surface area contributed by atoms with Gasteiger partial charge in [0.1, 0.15) is 5.78 Å². The van der Waals surface area contributed by atoms with Gasteiger partial charge in [0.2, 0.25) is 0 Å². The van der Waals surface area contributed by atoms with Crippen LogP contribution in [0.1, 0.15) is 53.4 Å². The molecular formula is C12H22O. The summed E-state index contributed by atoms with van der Waals surface area (Å²) in [7, 11) is 0. The molecule has 0 amide bonds. The van der Waals surface area contributed by atoms with E-state index in [2.05, 4.69) is 27.7 Å². The van der Waals surface area contributed by atoms with E-state index < -0.39 is 0 Å². The third-order valence-corrected chi connectivity index (χ3v) is 4.01. The topological polar surface area (TPSA) is 17.1 Å². The van der Waals surface area contributed by atoms with Gasteiger partial charge in [0.15, 0.2) is 0 Å². The molecule has 0 heterocycles. The van der Waals surface area contributed by atoms with Crippen LogP contribution in [0, 0.1) is 17.3 Å². The van der Waals surface area contributed by atoms with E-state index in [0.29, 0.717) is 23.0 Å². The minimum Gasteiger partial charge on any atom is -0.299 e. The van der Waals surface area contributed by atoms with Crippen LogP contribution in [-0.2, 0) is 4.79 Å². The molecule has 2 atom stereocenters. The molecule has 1 rings (SSSR count). The van der Waals surface area contributed by atoms with E-state index in [0.717, 1.165) is 0 Å². The van der Waals surface area contributed by atoms with Crippen molar-refractivity contribution in [2.45, 2.75) is 53.4 Å². The summed E-state index contributed by atoms with van der Waals surface area (Å²) in [5.74, 6) is 1.13. The van der Waals surface area contributed by atoms with Crippen molar-refractivity contribution < 1.29 is 4.79 Å². The molecular weight excluding hydrogens is 160 g/mol. The molecule has 0 spiro atoms. The van der Waals surface area contributed by atoms with Gasteiger partial charge in [-0.05, 0) is 18.3 Å². The first-order valence-corrected chi connectivity index (χ1v) is 5.63. The Kier molecular flexibility index (Phi) is 3.15. The standard InChI is InChI=1S/C12H22O/c1-5-7-12(8-6-2)9(3)11(13)10(12)4/h9-10H,5-8H2,1-4H3. The van der Waals surface area contributed by atoms with Crippen LogP contribution in [0.4, 0.5) is 0 Å². The smallest absolute Gasteiger partial charge is 0.139 e. The first kappa shape index (κ1) is 10.7. The van der Waals surface area contributed by atoms with Crippen molar-refractivity contribution in [2.24, 2.45) is 17.3 Å². The Morgan fingerprint density at radius 1 is 1.08 bits per heavy atom. The molecule has 1 saturated carbocycles. The molecule has 0 bridgehead atoms. The van der Waals surface area contributed by atoms with E-state index in [-0.39, 0.29) is 0 Å². The van der Waals surface area contributed by atoms with Crippen molar-refractivity contribution in [3.63, 3.8) is 0 Å². The normalized spacial score (nSPS) is 31.5. The van der Waals surface area contributed by atoms with Gasteiger partial charge >= 0.3 is 0 Å². The molecule has 1 heteroatoms. The fourth-order valence-corrected chi connectivity index (χ4v) is 3.14. The Balaban J connectivity index is 2.73. The van der Waals surface area contributed by atoms with Crippen molar-refractivity contribution in [1.82, 2.24) is 0 Å². The summed E-state index contributed by atoms with van der Waals surface area (Å²) < 4.78 is 0. The number of carbonyl (C=O) groups is 1. The van der Waals surface area contributed by atoms with Gasteiger partial charge in [0.25, 0.3) is 0 Å². The third kappa shape index (κ3) is 1.43. The van der Waals surface area contributed by atoms with E-state index in [1.54, 1.807) is 0 Å². The Hall–Kier alpha value is -0.330. The molecule has 0 radical (unpaired) electrons. The lowest BCUT2D eigenvalue weighted by Gasteiger charge is -2.52. The molecule has 0 aromatic rings. The van der Waals surface area contributed by atoms with Crippen molar-refractivity contribution in [3.05, 3.63) is 0 Å². The monoisotopic (exact) mass is 182 g/mol. The summed E-state index contributed by atoms with van der Waals surface area (Å²) in [6.07, 6.45) is 4.88. The quantitative estimate of drug-likeness (QED) is 0.651. The summed E-state index contributed by atoms with van der Waals surface area (Å²) in [5, 5.41) is 0. The van der Waals surface area contributed by atoms with Gasteiger partial charge in [-0.2, -0.15) is 0 Å². The Labute approximate surface area is 81.9 Å². The Bertz CT molecular complexity index is 175. The second-order valence-electron chi connectivity index (χ2n) is 4.58. The van der Waals surface area contributed by atoms with Crippen LogP contribution in [0.25, 0.3) is 0 Å². The number of rotatable bonds is 4. The van der Waals surface area contributed by atoms with Gasteiger partial charge in [0, 0.05) is 11.8 Å². The molecule has 0 aromatic heterocycles. The Morgan fingerprint density at radius 3 is 1.77 bits per heavy atom. The highest BCUT2D eigenvalue weighted by Crippen LogP contribution is 2.54. The summed E-state index contributed by atoms with van der Waals surface area (Å²) in [5.41, 5.74) is 0.362. The maximum Gasteiger partial charge on any atom is 0.139 e. The van der Waals surface area contributed by atoms with E-state index in [4.69, 9.17) is 0 Å². The highest BCUT2D eigenvalue weighted by molar-refractivity contribution is 5.90. The zero-order valence-corrected chi connectivity index (χ0v) is 9.39. The summed E-state index contributed by atoms with van der Waals surface area (Å²) in [4.78, 5) is 11.5. The predicted octanol–water partition coefficient (Wildman–Crippen LogP) is 3.43. The van der Waals surface area contributed by atoms with Crippen LogP contribution in [0.5, 0.6) is 0 Å². The highest BCUT2D eigenvalue weighted by atomic mass is 16.1. The predicted molar refractivity (Wildman–Crippen MR) is 55.6 cm³/mol. The summed E-state index contributed by atoms with van der Waals surface area (Å²) in [6, 6.07) is 0. The SMILES string of the molecule is CCCC1(CCC)C(C)C(=O)C1C. The Morgan fingerprint density at radius 2 is 1.46 bits per heavy atom. The molecule has 76 valence electrons. The maximum atomic E-state index is 11.5. The average molecular weight is 182 g/mol. The molecule has 0 saturated heterocycles. The lowest BCUT2D eigenvalue weighted by atomic mass is 9.50. The van der Waals surface area contributed by atoms with Gasteiger partial charge in [-0.15, -0.1) is 0 Å². The molecule has 13 heavy (non-hydrogen) atoms. The van der Waals surface area contributed by atoms with Crippen molar-refractivity contribution in [1.29, 1.82) is 0 Å². The second kappa shape index (κ2) is 3.81. The lowest BCUT2D eigenvalue weighted by Crippen LogP contribution is -2.55. The largest absolute Gasteiger partial charge is 0.299 e. The van der Waals surface area contributed by atoms with Crippen molar-refractivity contribution in [2.75, 3.05) is 0 Å². The number of ketones is 1. The van der Waals surface area contributed by atoms with Crippen LogP contribution in [0.2, 0.25) is 0 Å². The van der Waals surface area contributed by atoms with E-state index in [9.17, 15) is 4.79 Å². The van der Waals surface area contributed by atoms with Crippen molar-refractivity contribution >= 4 is 5.78 Å². The second-order valence-corrected chi connectivity index (χ2v) is 4.58. The fraction of sp³-hybridized carbons (Fsp3) is 0.917. The molecule has 1 aliphatic rings. The van der Waals surface area contributed by atoms with Gasteiger partial charge in [-0.25, -0.2) is 0 Å². The van der Waals surface area contributed by atoms with Gasteiger partial charge in [0.05, 0.1) is 0 Å². The van der Waals surface area contributed by atoms with E-state index in [1.165, 1.54) is 25.7 Å². The minimum atomic E-state index is 0.322. The fourth-order valence-electron chi connectivity index (χ4n) is 3.14. The lowest BCUT2D eigenvalue weighted by molar-refractivity contribution is -0.155. The first-order valence-electron chi connectivity index (χ1n) is 5.63. The number of hydrogen-bond acceptors (Lipinski definition) is 1. The van der Waals surface area contributed by atoms with Crippen LogP contribution < -0.4 is 0 Å². The molecule has 0 aromatic carbocycles. The van der Waals surface area contributed by atoms with Crippen molar-refractivity contribution in [3.8, 4) is 0 Å². The average Bonchev–Trinajstić information content (AvgIpc) is 2.15. The molecule has 1 aliphatic carbocycles. The van der Waals surface area contributed by atoms with Crippen LogP contribution in [0.3, 0.4) is 0 Å². The maximum absolute atomic E-state index is 11.5. The van der Waals surface area contributed by atoms with Crippen LogP contribution in [-0.4, -0.2) is 5.78 Å². The zero-order chi connectivity index (χ0) is 10.1. The van der Waals surface area contributed by atoms with E-state index in [1.807, 2.05) is 0 Å².